The van der Waals surface area contributed by atoms with Crippen molar-refractivity contribution in [3.8, 4) is 0 Å². The van der Waals surface area contributed by atoms with Crippen LogP contribution < -0.4 is 5.73 Å². The van der Waals surface area contributed by atoms with Gasteiger partial charge in [0.25, 0.3) is 0 Å². The van der Waals surface area contributed by atoms with Crippen LogP contribution in [0.3, 0.4) is 0 Å². The summed E-state index contributed by atoms with van der Waals surface area (Å²) in [6.07, 6.45) is 3.88. The van der Waals surface area contributed by atoms with Crippen molar-refractivity contribution in [2.45, 2.75) is 45.0 Å². The number of hydrogen-bond acceptors (Lipinski definition) is 3. The van der Waals surface area contributed by atoms with Gasteiger partial charge in [-0.2, -0.15) is 0 Å². The van der Waals surface area contributed by atoms with Crippen LogP contribution in [0.1, 0.15) is 33.1 Å². The highest BCUT2D eigenvalue weighted by atomic mass is 16.7. The molecular weight excluding hydrogens is 166 g/mol. The molecule has 1 atom stereocenters. The summed E-state index contributed by atoms with van der Waals surface area (Å²) in [4.78, 5) is 0. The molecule has 0 aromatic heterocycles. The van der Waals surface area contributed by atoms with E-state index in [0.717, 1.165) is 19.6 Å². The molecular formula is C10H19NO2. The zero-order chi connectivity index (χ0) is 9.53. The van der Waals surface area contributed by atoms with Gasteiger partial charge in [-0.3, -0.25) is 0 Å². The fourth-order valence-electron chi connectivity index (χ4n) is 2.01. The van der Waals surface area contributed by atoms with Crippen molar-refractivity contribution in [2.75, 3.05) is 13.2 Å². The molecule has 2 rings (SSSR count). The van der Waals surface area contributed by atoms with Crippen LogP contribution in [0.5, 0.6) is 0 Å². The quantitative estimate of drug-likeness (QED) is 0.720. The van der Waals surface area contributed by atoms with Crippen molar-refractivity contribution in [3.05, 3.63) is 0 Å². The van der Waals surface area contributed by atoms with Crippen LogP contribution >= 0.6 is 0 Å². The Balaban J connectivity index is 1.84. The molecule has 1 saturated heterocycles. The standard InChI is InChI=1S/C10H19NO2/c1-9(2)12-6-8(13-9)5-10(7-11)3-4-10/h8H,3-7,11H2,1-2H3. The Kier molecular flexibility index (Phi) is 2.13. The van der Waals surface area contributed by atoms with Gasteiger partial charge < -0.3 is 15.2 Å². The Hall–Kier alpha value is -0.120. The first kappa shape index (κ1) is 9.44. The smallest absolute Gasteiger partial charge is 0.163 e. The van der Waals surface area contributed by atoms with Gasteiger partial charge in [0.2, 0.25) is 0 Å². The van der Waals surface area contributed by atoms with Gasteiger partial charge in [0.05, 0.1) is 12.7 Å². The largest absolute Gasteiger partial charge is 0.348 e. The maximum absolute atomic E-state index is 5.75. The van der Waals surface area contributed by atoms with Crippen molar-refractivity contribution >= 4 is 0 Å². The van der Waals surface area contributed by atoms with E-state index < -0.39 is 0 Å². The average Bonchev–Trinajstić information content (AvgIpc) is 2.74. The van der Waals surface area contributed by atoms with E-state index in [-0.39, 0.29) is 11.9 Å². The predicted octanol–water partition coefficient (Wildman–Crippen LogP) is 1.27. The van der Waals surface area contributed by atoms with Crippen LogP contribution in [0, 0.1) is 5.41 Å². The summed E-state index contributed by atoms with van der Waals surface area (Å²) in [5.74, 6) is -0.380. The van der Waals surface area contributed by atoms with Crippen molar-refractivity contribution in [1.29, 1.82) is 0 Å². The molecule has 0 radical (unpaired) electrons. The van der Waals surface area contributed by atoms with Crippen molar-refractivity contribution in [1.82, 2.24) is 0 Å². The Morgan fingerprint density at radius 2 is 2.08 bits per heavy atom. The second-order valence-electron chi connectivity index (χ2n) is 4.86. The first-order valence-corrected chi connectivity index (χ1v) is 5.07. The summed E-state index contributed by atoms with van der Waals surface area (Å²) in [6, 6.07) is 0. The summed E-state index contributed by atoms with van der Waals surface area (Å²) in [6.45, 7) is 5.46. The van der Waals surface area contributed by atoms with E-state index in [9.17, 15) is 0 Å². The fraction of sp³-hybridized carbons (Fsp3) is 1.00. The van der Waals surface area contributed by atoms with E-state index in [1.807, 2.05) is 13.8 Å². The SMILES string of the molecule is CC1(C)OCC(CC2(CN)CC2)O1. The van der Waals surface area contributed by atoms with Crippen molar-refractivity contribution in [3.63, 3.8) is 0 Å². The van der Waals surface area contributed by atoms with Gasteiger partial charge in [-0.25, -0.2) is 0 Å². The Morgan fingerprint density at radius 1 is 1.38 bits per heavy atom. The molecule has 0 spiro atoms. The fourth-order valence-corrected chi connectivity index (χ4v) is 2.01. The second kappa shape index (κ2) is 2.94. The zero-order valence-electron chi connectivity index (χ0n) is 8.51. The van der Waals surface area contributed by atoms with E-state index in [0.29, 0.717) is 5.41 Å². The molecule has 0 bridgehead atoms. The lowest BCUT2D eigenvalue weighted by molar-refractivity contribution is -0.140. The maximum atomic E-state index is 5.75. The predicted molar refractivity (Wildman–Crippen MR) is 50.2 cm³/mol. The summed E-state index contributed by atoms with van der Waals surface area (Å²) in [5.41, 5.74) is 6.12. The van der Waals surface area contributed by atoms with Crippen LogP contribution in [-0.2, 0) is 9.47 Å². The second-order valence-corrected chi connectivity index (χ2v) is 4.86. The molecule has 1 heterocycles. The summed E-state index contributed by atoms with van der Waals surface area (Å²) < 4.78 is 11.3. The van der Waals surface area contributed by atoms with E-state index in [1.54, 1.807) is 0 Å². The third-order valence-electron chi connectivity index (χ3n) is 3.12. The van der Waals surface area contributed by atoms with Gasteiger partial charge >= 0.3 is 0 Å². The molecule has 0 amide bonds. The van der Waals surface area contributed by atoms with Gasteiger partial charge in [0, 0.05) is 0 Å². The molecule has 3 heteroatoms. The lowest BCUT2D eigenvalue weighted by Gasteiger charge is -2.19. The van der Waals surface area contributed by atoms with Crippen LogP contribution in [0.25, 0.3) is 0 Å². The molecule has 13 heavy (non-hydrogen) atoms. The van der Waals surface area contributed by atoms with Crippen LogP contribution in [0.15, 0.2) is 0 Å². The molecule has 1 aliphatic heterocycles. The number of nitrogens with two attached hydrogens (primary N) is 1. The van der Waals surface area contributed by atoms with Crippen molar-refractivity contribution < 1.29 is 9.47 Å². The number of ether oxygens (including phenoxy) is 2. The van der Waals surface area contributed by atoms with Gasteiger partial charge in [-0.15, -0.1) is 0 Å². The third kappa shape index (κ3) is 2.03. The first-order chi connectivity index (χ1) is 6.05. The van der Waals surface area contributed by atoms with Crippen LogP contribution in [0.4, 0.5) is 0 Å². The average molecular weight is 185 g/mol. The first-order valence-electron chi connectivity index (χ1n) is 5.07. The summed E-state index contributed by atoms with van der Waals surface area (Å²) in [5, 5.41) is 0. The highest BCUT2D eigenvalue weighted by molar-refractivity contribution is 4.96. The minimum atomic E-state index is -0.380. The molecule has 0 aromatic carbocycles. The normalized spacial score (nSPS) is 34.8. The Morgan fingerprint density at radius 3 is 2.46 bits per heavy atom. The van der Waals surface area contributed by atoms with Crippen LogP contribution in [-0.4, -0.2) is 25.0 Å². The molecule has 0 aromatic rings. The highest BCUT2D eigenvalue weighted by Crippen LogP contribution is 2.49. The van der Waals surface area contributed by atoms with Crippen LogP contribution in [0.2, 0.25) is 0 Å². The summed E-state index contributed by atoms with van der Waals surface area (Å²) >= 11 is 0. The van der Waals surface area contributed by atoms with E-state index in [1.165, 1.54) is 12.8 Å². The number of rotatable bonds is 3. The highest BCUT2D eigenvalue weighted by Gasteiger charge is 2.45. The molecule has 1 unspecified atom stereocenters. The van der Waals surface area contributed by atoms with E-state index in [4.69, 9.17) is 15.2 Å². The lowest BCUT2D eigenvalue weighted by atomic mass is 9.99. The third-order valence-corrected chi connectivity index (χ3v) is 3.12. The molecule has 2 N–H and O–H groups in total. The maximum Gasteiger partial charge on any atom is 0.163 e. The lowest BCUT2D eigenvalue weighted by Crippen LogP contribution is -2.26. The molecule has 2 aliphatic rings. The molecule has 1 saturated carbocycles. The molecule has 1 aliphatic carbocycles. The summed E-state index contributed by atoms with van der Waals surface area (Å²) in [7, 11) is 0. The van der Waals surface area contributed by atoms with Gasteiger partial charge in [-0.05, 0) is 45.1 Å². The van der Waals surface area contributed by atoms with E-state index in [2.05, 4.69) is 0 Å². The van der Waals surface area contributed by atoms with E-state index >= 15 is 0 Å². The van der Waals surface area contributed by atoms with Gasteiger partial charge in [0.1, 0.15) is 0 Å². The minimum absolute atomic E-state index is 0.265. The monoisotopic (exact) mass is 185 g/mol. The van der Waals surface area contributed by atoms with Gasteiger partial charge in [-0.1, -0.05) is 0 Å². The van der Waals surface area contributed by atoms with Crippen molar-refractivity contribution in [2.24, 2.45) is 11.1 Å². The Labute approximate surface area is 79.6 Å². The molecule has 76 valence electrons. The zero-order valence-corrected chi connectivity index (χ0v) is 8.51. The molecule has 2 fully saturated rings. The number of hydrogen-bond donors (Lipinski definition) is 1. The Bertz CT molecular complexity index is 199. The van der Waals surface area contributed by atoms with Gasteiger partial charge in [0.15, 0.2) is 5.79 Å². The topological polar surface area (TPSA) is 44.5 Å². The molecule has 3 nitrogen and oxygen atoms in total. The minimum Gasteiger partial charge on any atom is -0.348 e.